The summed E-state index contributed by atoms with van der Waals surface area (Å²) in [4.78, 5) is 11.7. The van der Waals surface area contributed by atoms with Gasteiger partial charge in [0.1, 0.15) is 5.92 Å². The summed E-state index contributed by atoms with van der Waals surface area (Å²) in [5.41, 5.74) is 7.44. The van der Waals surface area contributed by atoms with Crippen molar-refractivity contribution >= 4 is 11.5 Å². The third kappa shape index (κ3) is 2.56. The lowest BCUT2D eigenvalue weighted by atomic mass is 9.90. The van der Waals surface area contributed by atoms with Gasteiger partial charge >= 0.3 is 5.97 Å². The van der Waals surface area contributed by atoms with E-state index in [2.05, 4.69) is 43.3 Å². The third-order valence-corrected chi connectivity index (χ3v) is 5.47. The molecule has 2 aromatic rings. The number of allylic oxidation sites excluding steroid dienone is 1. The monoisotopic (exact) mass is 318 g/mol. The highest BCUT2D eigenvalue weighted by Gasteiger charge is 2.31. The van der Waals surface area contributed by atoms with Gasteiger partial charge in [-0.1, -0.05) is 55.5 Å². The minimum Gasteiger partial charge on any atom is -0.481 e. The zero-order chi connectivity index (χ0) is 16.7. The number of fused-ring (bicyclic) bond motifs is 2. The molecule has 0 aliphatic heterocycles. The number of carboxylic acids is 1. The van der Waals surface area contributed by atoms with Gasteiger partial charge in [-0.15, -0.1) is 0 Å². The first-order valence-electron chi connectivity index (χ1n) is 8.78. The van der Waals surface area contributed by atoms with Crippen molar-refractivity contribution < 1.29 is 9.90 Å². The van der Waals surface area contributed by atoms with E-state index in [1.807, 2.05) is 12.1 Å². The fraction of sp³-hybridized carbons (Fsp3) is 0.318. The Labute approximate surface area is 142 Å². The van der Waals surface area contributed by atoms with Crippen molar-refractivity contribution in [1.29, 1.82) is 0 Å². The number of hydrogen-bond donors (Lipinski definition) is 1. The summed E-state index contributed by atoms with van der Waals surface area (Å²) in [6.45, 7) is 2.22. The number of rotatable bonds is 4. The third-order valence-electron chi connectivity index (χ3n) is 5.47. The number of carbonyl (C=O) groups is 1. The SMILES string of the molecule is CC(CC1=CC(C(=O)O)c2cc3c(cc21)CCC3)c1ccccc1. The van der Waals surface area contributed by atoms with Gasteiger partial charge in [0.2, 0.25) is 0 Å². The second kappa shape index (κ2) is 5.94. The van der Waals surface area contributed by atoms with E-state index >= 15 is 0 Å². The van der Waals surface area contributed by atoms with E-state index in [0.717, 1.165) is 24.8 Å². The van der Waals surface area contributed by atoms with Crippen LogP contribution in [0.5, 0.6) is 0 Å². The lowest BCUT2D eigenvalue weighted by Gasteiger charge is -2.15. The van der Waals surface area contributed by atoms with Crippen LogP contribution in [-0.2, 0) is 17.6 Å². The summed E-state index contributed by atoms with van der Waals surface area (Å²) in [5, 5.41) is 9.63. The average molecular weight is 318 g/mol. The summed E-state index contributed by atoms with van der Waals surface area (Å²) in [6, 6.07) is 14.9. The number of aliphatic carboxylic acids is 1. The molecule has 0 bridgehead atoms. The maximum absolute atomic E-state index is 11.7. The zero-order valence-electron chi connectivity index (χ0n) is 14.0. The first-order valence-corrected chi connectivity index (χ1v) is 8.78. The molecule has 0 heterocycles. The molecule has 0 fully saturated rings. The first-order chi connectivity index (χ1) is 11.6. The van der Waals surface area contributed by atoms with Crippen LogP contribution >= 0.6 is 0 Å². The predicted molar refractivity (Wildman–Crippen MR) is 96.3 cm³/mol. The lowest BCUT2D eigenvalue weighted by molar-refractivity contribution is -0.137. The minimum absolute atomic E-state index is 0.381. The van der Waals surface area contributed by atoms with E-state index in [9.17, 15) is 9.90 Å². The summed E-state index contributed by atoms with van der Waals surface area (Å²) >= 11 is 0. The fourth-order valence-corrected chi connectivity index (χ4v) is 4.17. The van der Waals surface area contributed by atoms with Gasteiger partial charge in [0.25, 0.3) is 0 Å². The Morgan fingerprint density at radius 1 is 1.17 bits per heavy atom. The normalized spacial score (nSPS) is 19.5. The molecule has 0 amide bonds. The molecule has 0 radical (unpaired) electrons. The highest BCUT2D eigenvalue weighted by Crippen LogP contribution is 2.43. The molecule has 2 aliphatic rings. The molecule has 2 aromatic carbocycles. The molecule has 2 aliphatic carbocycles. The van der Waals surface area contributed by atoms with Gasteiger partial charge in [0.05, 0.1) is 0 Å². The van der Waals surface area contributed by atoms with Crippen LogP contribution in [0, 0.1) is 0 Å². The molecular weight excluding hydrogens is 296 g/mol. The van der Waals surface area contributed by atoms with E-state index in [1.165, 1.54) is 34.2 Å². The van der Waals surface area contributed by atoms with E-state index < -0.39 is 11.9 Å². The number of carboxylic acid groups (broad SMARTS) is 1. The van der Waals surface area contributed by atoms with Crippen LogP contribution in [0.2, 0.25) is 0 Å². The second-order valence-corrected chi connectivity index (χ2v) is 7.09. The smallest absolute Gasteiger partial charge is 0.314 e. The Hall–Kier alpha value is -2.35. The zero-order valence-corrected chi connectivity index (χ0v) is 14.0. The number of aryl methyl sites for hydroxylation is 2. The van der Waals surface area contributed by atoms with E-state index in [0.29, 0.717) is 5.92 Å². The van der Waals surface area contributed by atoms with Crippen LogP contribution in [0.3, 0.4) is 0 Å². The average Bonchev–Trinajstić information content (AvgIpc) is 3.18. The second-order valence-electron chi connectivity index (χ2n) is 7.09. The number of hydrogen-bond acceptors (Lipinski definition) is 1. The maximum Gasteiger partial charge on any atom is 0.314 e. The minimum atomic E-state index is -0.739. The van der Waals surface area contributed by atoms with Crippen molar-refractivity contribution in [3.8, 4) is 0 Å². The molecule has 122 valence electrons. The molecule has 1 N–H and O–H groups in total. The van der Waals surface area contributed by atoms with E-state index in [-0.39, 0.29) is 0 Å². The first kappa shape index (κ1) is 15.2. The molecule has 0 spiro atoms. The molecule has 0 saturated carbocycles. The van der Waals surface area contributed by atoms with Crippen molar-refractivity contribution in [2.45, 2.75) is 44.4 Å². The molecule has 2 atom stereocenters. The molecule has 0 saturated heterocycles. The van der Waals surface area contributed by atoms with Crippen molar-refractivity contribution in [2.24, 2.45) is 0 Å². The van der Waals surface area contributed by atoms with Crippen LogP contribution < -0.4 is 0 Å². The number of benzene rings is 2. The summed E-state index contributed by atoms with van der Waals surface area (Å²) in [5.74, 6) is -0.841. The quantitative estimate of drug-likeness (QED) is 0.867. The van der Waals surface area contributed by atoms with Crippen molar-refractivity contribution in [3.05, 3.63) is 76.4 Å². The van der Waals surface area contributed by atoms with Crippen molar-refractivity contribution in [2.75, 3.05) is 0 Å². The fourth-order valence-electron chi connectivity index (χ4n) is 4.17. The van der Waals surface area contributed by atoms with Gasteiger partial charge < -0.3 is 5.11 Å². The Balaban J connectivity index is 1.69. The van der Waals surface area contributed by atoms with Gasteiger partial charge in [-0.2, -0.15) is 0 Å². The van der Waals surface area contributed by atoms with Crippen LogP contribution in [0.15, 0.2) is 48.5 Å². The summed E-state index contributed by atoms with van der Waals surface area (Å²) in [6.07, 6.45) is 6.27. The Bertz CT molecular complexity index is 817. The highest BCUT2D eigenvalue weighted by atomic mass is 16.4. The van der Waals surface area contributed by atoms with Crippen LogP contribution in [0.1, 0.15) is 59.4 Å². The van der Waals surface area contributed by atoms with Crippen molar-refractivity contribution in [1.82, 2.24) is 0 Å². The standard InChI is InChI=1S/C22H22O2/c1-14(15-6-3-2-4-7-15)10-18-13-21(22(23)24)20-12-17-9-5-8-16(17)11-19(18)20/h2-4,6-7,11-14,21H,5,8-10H2,1H3,(H,23,24). The Kier molecular flexibility index (Phi) is 3.76. The summed E-state index contributed by atoms with van der Waals surface area (Å²) < 4.78 is 0. The molecule has 24 heavy (non-hydrogen) atoms. The lowest BCUT2D eigenvalue weighted by Crippen LogP contribution is -2.07. The van der Waals surface area contributed by atoms with Gasteiger partial charge in [-0.25, -0.2) is 0 Å². The molecule has 2 unspecified atom stereocenters. The van der Waals surface area contributed by atoms with Crippen molar-refractivity contribution in [3.63, 3.8) is 0 Å². The van der Waals surface area contributed by atoms with Gasteiger partial charge in [0.15, 0.2) is 0 Å². The van der Waals surface area contributed by atoms with E-state index in [4.69, 9.17) is 0 Å². The summed E-state index contributed by atoms with van der Waals surface area (Å²) in [7, 11) is 0. The van der Waals surface area contributed by atoms with E-state index in [1.54, 1.807) is 0 Å². The van der Waals surface area contributed by atoms with Gasteiger partial charge in [0, 0.05) is 0 Å². The van der Waals surface area contributed by atoms with Gasteiger partial charge in [-0.3, -0.25) is 4.79 Å². The highest BCUT2D eigenvalue weighted by molar-refractivity contribution is 5.89. The van der Waals surface area contributed by atoms with Gasteiger partial charge in [-0.05, 0) is 65.0 Å². The Morgan fingerprint density at radius 3 is 2.58 bits per heavy atom. The van der Waals surface area contributed by atoms with Crippen LogP contribution in [0.25, 0.3) is 5.57 Å². The predicted octanol–water partition coefficient (Wildman–Crippen LogP) is 4.93. The molecule has 2 heteroatoms. The topological polar surface area (TPSA) is 37.3 Å². The van der Waals surface area contributed by atoms with Crippen LogP contribution in [0.4, 0.5) is 0 Å². The largest absolute Gasteiger partial charge is 0.481 e. The maximum atomic E-state index is 11.7. The van der Waals surface area contributed by atoms with Crippen LogP contribution in [-0.4, -0.2) is 11.1 Å². The molecule has 4 rings (SSSR count). The molecule has 2 nitrogen and oxygen atoms in total. The molecular formula is C22H22O2. The molecule has 0 aromatic heterocycles. The Morgan fingerprint density at radius 2 is 1.88 bits per heavy atom.